The summed E-state index contributed by atoms with van der Waals surface area (Å²) < 4.78 is 5.13. The molecular formula is C24H29N3O5. The van der Waals surface area contributed by atoms with Gasteiger partial charge in [-0.25, -0.2) is 4.79 Å². The lowest BCUT2D eigenvalue weighted by Crippen LogP contribution is -2.40. The molecule has 2 aromatic carbocycles. The van der Waals surface area contributed by atoms with E-state index in [1.165, 1.54) is 4.90 Å². The maximum Gasteiger partial charge on any atom is 0.324 e. The number of aliphatic hydroxyl groups is 1. The zero-order valence-electron chi connectivity index (χ0n) is 18.1. The Morgan fingerprint density at radius 1 is 1.12 bits per heavy atom. The fourth-order valence-corrected chi connectivity index (χ4v) is 3.65. The molecule has 1 aliphatic rings. The molecule has 8 nitrogen and oxygen atoms in total. The fraction of sp³-hybridized carbons (Fsp3) is 0.375. The van der Waals surface area contributed by atoms with Gasteiger partial charge in [0, 0.05) is 13.0 Å². The summed E-state index contributed by atoms with van der Waals surface area (Å²) >= 11 is 0. The molecule has 2 aromatic rings. The van der Waals surface area contributed by atoms with Crippen LogP contribution < -0.4 is 15.4 Å². The lowest BCUT2D eigenvalue weighted by atomic mass is 10.1. The molecule has 1 aliphatic heterocycles. The van der Waals surface area contributed by atoms with Crippen molar-refractivity contribution in [1.82, 2.24) is 15.5 Å². The topological polar surface area (TPSA) is 108 Å². The van der Waals surface area contributed by atoms with Gasteiger partial charge in [-0.1, -0.05) is 42.5 Å². The lowest BCUT2D eigenvalue weighted by Gasteiger charge is -2.17. The summed E-state index contributed by atoms with van der Waals surface area (Å²) in [6.45, 7) is 0.0855. The Bertz CT molecular complexity index is 917. The van der Waals surface area contributed by atoms with Crippen molar-refractivity contribution in [3.8, 4) is 5.75 Å². The van der Waals surface area contributed by atoms with Crippen LogP contribution >= 0.6 is 0 Å². The molecule has 3 N–H and O–H groups in total. The number of amides is 4. The Morgan fingerprint density at radius 3 is 2.50 bits per heavy atom. The highest BCUT2D eigenvalue weighted by atomic mass is 16.5. The van der Waals surface area contributed by atoms with E-state index in [1.54, 1.807) is 7.11 Å². The molecule has 3 rings (SSSR count). The zero-order chi connectivity index (χ0) is 22.9. The molecule has 0 bridgehead atoms. The predicted molar refractivity (Wildman–Crippen MR) is 119 cm³/mol. The van der Waals surface area contributed by atoms with Gasteiger partial charge in [-0.2, -0.15) is 0 Å². The molecule has 8 heteroatoms. The van der Waals surface area contributed by atoms with E-state index >= 15 is 0 Å². The number of nitrogens with zero attached hydrogens (tertiary/aromatic N) is 1. The Morgan fingerprint density at radius 2 is 1.84 bits per heavy atom. The minimum absolute atomic E-state index is 0.0777. The van der Waals surface area contributed by atoms with Crippen molar-refractivity contribution in [2.45, 2.75) is 37.8 Å². The number of imide groups is 1. The third-order valence-electron chi connectivity index (χ3n) is 5.46. The summed E-state index contributed by atoms with van der Waals surface area (Å²) in [7, 11) is 1.59. The van der Waals surface area contributed by atoms with Crippen molar-refractivity contribution in [3.63, 3.8) is 0 Å². The van der Waals surface area contributed by atoms with E-state index in [0.29, 0.717) is 12.8 Å². The van der Waals surface area contributed by atoms with Crippen molar-refractivity contribution in [1.29, 1.82) is 0 Å². The number of aliphatic hydroxyl groups excluding tert-OH is 1. The normalized spacial score (nSPS) is 16.6. The Labute approximate surface area is 187 Å². The fourth-order valence-electron chi connectivity index (χ4n) is 3.65. The predicted octanol–water partition coefficient (Wildman–Crippen LogP) is 1.66. The lowest BCUT2D eigenvalue weighted by molar-refractivity contribution is -0.127. The highest BCUT2D eigenvalue weighted by Gasteiger charge is 2.37. The molecule has 32 heavy (non-hydrogen) atoms. The van der Waals surface area contributed by atoms with Crippen LogP contribution in [-0.2, 0) is 22.4 Å². The quantitative estimate of drug-likeness (QED) is 0.462. The van der Waals surface area contributed by atoms with Crippen LogP contribution in [0.1, 0.15) is 24.0 Å². The van der Waals surface area contributed by atoms with E-state index < -0.39 is 18.1 Å². The molecule has 4 amide bonds. The molecule has 0 aromatic heterocycles. The first-order valence-electron chi connectivity index (χ1n) is 10.7. The number of rotatable bonds is 11. The molecule has 170 valence electrons. The van der Waals surface area contributed by atoms with Gasteiger partial charge in [-0.3, -0.25) is 14.5 Å². The number of carbonyl (C=O) groups excluding carboxylic acids is 3. The van der Waals surface area contributed by atoms with Gasteiger partial charge in [-0.15, -0.1) is 0 Å². The van der Waals surface area contributed by atoms with E-state index in [4.69, 9.17) is 4.74 Å². The minimum atomic E-state index is -0.717. The SMILES string of the molecule is COc1ccc(CCN2C(=O)N[C@H](CCC(=O)N[C@H](CO)Cc3ccccc3)C2=O)cc1. The molecule has 0 unspecified atom stereocenters. The molecule has 2 atom stereocenters. The second-order valence-electron chi connectivity index (χ2n) is 7.77. The van der Waals surface area contributed by atoms with Crippen molar-refractivity contribution in [3.05, 3.63) is 65.7 Å². The maximum absolute atomic E-state index is 12.6. The van der Waals surface area contributed by atoms with Crippen LogP contribution in [0.3, 0.4) is 0 Å². The standard InChI is InChI=1S/C24H29N3O5/c1-32-20-9-7-17(8-10-20)13-14-27-23(30)21(26-24(27)31)11-12-22(29)25-19(16-28)15-18-5-3-2-4-6-18/h2-10,19,21,28H,11-16H2,1H3,(H,25,29)(H,26,31)/t19-,21+/m0/s1. The average molecular weight is 440 g/mol. The van der Waals surface area contributed by atoms with Crippen molar-refractivity contribution < 1.29 is 24.2 Å². The van der Waals surface area contributed by atoms with Crippen molar-refractivity contribution >= 4 is 17.8 Å². The summed E-state index contributed by atoms with van der Waals surface area (Å²) in [6.07, 6.45) is 1.34. The molecular weight excluding hydrogens is 410 g/mol. The van der Waals surface area contributed by atoms with E-state index in [-0.39, 0.29) is 37.8 Å². The minimum Gasteiger partial charge on any atom is -0.497 e. The second kappa shape index (κ2) is 11.3. The van der Waals surface area contributed by atoms with Gasteiger partial charge < -0.3 is 20.5 Å². The van der Waals surface area contributed by atoms with E-state index in [9.17, 15) is 19.5 Å². The first-order chi connectivity index (χ1) is 15.5. The molecule has 0 saturated carbocycles. The second-order valence-corrected chi connectivity index (χ2v) is 7.77. The first-order valence-corrected chi connectivity index (χ1v) is 10.7. The van der Waals surface area contributed by atoms with Gasteiger partial charge in [-0.05, 0) is 42.5 Å². The zero-order valence-corrected chi connectivity index (χ0v) is 18.1. The Hall–Kier alpha value is -3.39. The third-order valence-corrected chi connectivity index (χ3v) is 5.46. The highest BCUT2D eigenvalue weighted by Crippen LogP contribution is 2.15. The van der Waals surface area contributed by atoms with Crippen molar-refractivity contribution in [2.75, 3.05) is 20.3 Å². The summed E-state index contributed by atoms with van der Waals surface area (Å²) in [5.41, 5.74) is 2.00. The van der Waals surface area contributed by atoms with Gasteiger partial charge in [0.2, 0.25) is 5.91 Å². The molecule has 0 aliphatic carbocycles. The number of methoxy groups -OCH3 is 1. The number of hydrogen-bond acceptors (Lipinski definition) is 5. The van der Waals surface area contributed by atoms with Crippen LogP contribution in [0.25, 0.3) is 0 Å². The molecule has 1 heterocycles. The van der Waals surface area contributed by atoms with Crippen LogP contribution in [0.4, 0.5) is 4.79 Å². The van der Waals surface area contributed by atoms with Crippen LogP contribution in [0.5, 0.6) is 5.75 Å². The summed E-state index contributed by atoms with van der Waals surface area (Å²) in [4.78, 5) is 38.4. The van der Waals surface area contributed by atoms with Crippen LogP contribution in [0.2, 0.25) is 0 Å². The smallest absolute Gasteiger partial charge is 0.324 e. The summed E-state index contributed by atoms with van der Waals surface area (Å²) in [5.74, 6) is 0.160. The largest absolute Gasteiger partial charge is 0.497 e. The number of urea groups is 1. The summed E-state index contributed by atoms with van der Waals surface area (Å²) in [6, 6.07) is 15.5. The molecule has 1 saturated heterocycles. The molecule has 0 radical (unpaired) electrons. The van der Waals surface area contributed by atoms with Gasteiger partial charge >= 0.3 is 6.03 Å². The van der Waals surface area contributed by atoms with Gasteiger partial charge in [0.25, 0.3) is 5.91 Å². The van der Waals surface area contributed by atoms with E-state index in [1.807, 2.05) is 54.6 Å². The first kappa shape index (κ1) is 23.3. The molecule has 1 fully saturated rings. The van der Waals surface area contributed by atoms with E-state index in [0.717, 1.165) is 16.9 Å². The number of ether oxygens (including phenoxy) is 1. The number of benzene rings is 2. The van der Waals surface area contributed by atoms with Crippen LogP contribution in [-0.4, -0.2) is 60.2 Å². The highest BCUT2D eigenvalue weighted by molar-refractivity contribution is 6.04. The molecule has 0 spiro atoms. The summed E-state index contributed by atoms with van der Waals surface area (Å²) in [5, 5.41) is 15.0. The van der Waals surface area contributed by atoms with Crippen LogP contribution in [0, 0.1) is 0 Å². The van der Waals surface area contributed by atoms with Gasteiger partial charge in [0.1, 0.15) is 11.8 Å². The van der Waals surface area contributed by atoms with Gasteiger partial charge in [0.15, 0.2) is 0 Å². The Balaban J connectivity index is 1.45. The Kier molecular flexibility index (Phi) is 8.21. The number of carbonyl (C=O) groups is 3. The number of hydrogen-bond donors (Lipinski definition) is 3. The maximum atomic E-state index is 12.6. The van der Waals surface area contributed by atoms with Crippen molar-refractivity contribution in [2.24, 2.45) is 0 Å². The van der Waals surface area contributed by atoms with Gasteiger partial charge in [0.05, 0.1) is 19.8 Å². The monoisotopic (exact) mass is 439 g/mol. The van der Waals surface area contributed by atoms with Crippen LogP contribution in [0.15, 0.2) is 54.6 Å². The number of nitrogens with one attached hydrogen (secondary N) is 2. The van der Waals surface area contributed by atoms with E-state index in [2.05, 4.69) is 10.6 Å². The average Bonchev–Trinajstić information content (AvgIpc) is 3.09. The third kappa shape index (κ3) is 6.31.